The number of hydrogen-bond donors (Lipinski definition) is 0. The minimum atomic E-state index is 0. The molecule has 13 heavy (non-hydrogen) atoms. The maximum absolute atomic E-state index is 8.00. The van der Waals surface area contributed by atoms with Crippen molar-refractivity contribution in [2.75, 3.05) is 0 Å². The van der Waals surface area contributed by atoms with Crippen LogP contribution in [0.15, 0.2) is 21.4 Å². The van der Waals surface area contributed by atoms with E-state index in [2.05, 4.69) is 0 Å². The Bertz CT molecular complexity index is 70.1. The molecule has 0 aliphatic carbocycles. The summed E-state index contributed by atoms with van der Waals surface area (Å²) < 4.78 is 0. The number of hydrogen-bond acceptors (Lipinski definition) is 12. The van der Waals surface area contributed by atoms with Crippen LogP contribution < -0.4 is 0 Å². The van der Waals surface area contributed by atoms with Crippen molar-refractivity contribution in [3.63, 3.8) is 0 Å². The second kappa shape index (κ2) is 187. The molecule has 0 amide bonds. The SMILES string of the molecule is O=N[O-].O=N[O-].O=N[O-].O=N[O-].[Cu]. The van der Waals surface area contributed by atoms with Gasteiger partial charge in [-0.25, -0.2) is 0 Å². The molecule has 0 rings (SSSR count). The first-order valence-corrected chi connectivity index (χ1v) is 1.46. The zero-order chi connectivity index (χ0) is 10.8. The van der Waals surface area contributed by atoms with Gasteiger partial charge in [0.05, 0.1) is 0 Å². The Morgan fingerprint density at radius 1 is 0.538 bits per heavy atom. The molecule has 0 saturated carbocycles. The average molecular weight is 248 g/mol. The van der Waals surface area contributed by atoms with Crippen LogP contribution in [0, 0.1) is 40.5 Å². The molecule has 0 fully saturated rings. The van der Waals surface area contributed by atoms with Gasteiger partial charge in [0.25, 0.3) is 0 Å². The first-order chi connectivity index (χ1) is 5.66. The van der Waals surface area contributed by atoms with Gasteiger partial charge < -0.3 is 40.5 Å². The van der Waals surface area contributed by atoms with Crippen LogP contribution in [-0.2, 0) is 17.1 Å². The molecule has 0 aromatic carbocycles. The van der Waals surface area contributed by atoms with Crippen molar-refractivity contribution in [3.05, 3.63) is 40.5 Å². The molecular weight excluding hydrogens is 248 g/mol. The zero-order valence-electron chi connectivity index (χ0n) is 5.36. The van der Waals surface area contributed by atoms with Crippen molar-refractivity contribution in [2.45, 2.75) is 0 Å². The van der Waals surface area contributed by atoms with Gasteiger partial charge >= 0.3 is 0 Å². The average Bonchev–Trinajstić information content (AvgIpc) is 1.92. The fraction of sp³-hybridized carbons (Fsp3) is 0. The van der Waals surface area contributed by atoms with Gasteiger partial charge in [0.2, 0.25) is 0 Å². The van der Waals surface area contributed by atoms with Crippen molar-refractivity contribution >= 4 is 0 Å². The Kier molecular flexibility index (Phi) is 438. The molecule has 1 radical (unpaired) electrons. The summed E-state index contributed by atoms with van der Waals surface area (Å²) in [6, 6.07) is 0. The molecule has 0 bridgehead atoms. The molecule has 0 heterocycles. The summed E-state index contributed by atoms with van der Waals surface area (Å²) in [5, 5.41) is 36.0. The molecule has 0 spiro atoms. The number of rotatable bonds is 0. The normalized spacial score (nSPS) is 3.69. The Morgan fingerprint density at radius 2 is 0.538 bits per heavy atom. The standard InChI is InChI=1S/Cu.4HNO2/c;4*2-1-3/h;4*(H,2,3)/p-4. The Labute approximate surface area is 79.8 Å². The topological polar surface area (TPSA) is 210 Å². The summed E-state index contributed by atoms with van der Waals surface area (Å²) in [6.07, 6.45) is 0. The molecule has 0 N–H and O–H groups in total. The predicted molar refractivity (Wildman–Crippen MR) is 36.6 cm³/mol. The van der Waals surface area contributed by atoms with Gasteiger partial charge in [-0.2, -0.15) is 0 Å². The third kappa shape index (κ3) is 189. The van der Waals surface area contributed by atoms with E-state index in [4.69, 9.17) is 40.5 Å². The largest absolute Gasteiger partial charge is 0.444 e. The summed E-state index contributed by atoms with van der Waals surface area (Å²) in [6.45, 7) is 0. The van der Waals surface area contributed by atoms with Gasteiger partial charge in [0.1, 0.15) is 0 Å². The fourth-order valence-corrected chi connectivity index (χ4v) is 0. The monoisotopic (exact) mass is 247 g/mol. The Balaban J connectivity index is -0.0000000213. The van der Waals surface area contributed by atoms with E-state index >= 15 is 0 Å². The van der Waals surface area contributed by atoms with Crippen LogP contribution in [0.5, 0.6) is 0 Å². The summed E-state index contributed by atoms with van der Waals surface area (Å²) in [4.78, 5) is 32.0. The molecule has 0 aliphatic heterocycles. The zero-order valence-corrected chi connectivity index (χ0v) is 6.30. The first-order valence-electron chi connectivity index (χ1n) is 1.46. The van der Waals surface area contributed by atoms with Gasteiger partial charge in [-0.1, -0.05) is 0 Å². The van der Waals surface area contributed by atoms with E-state index in [1.54, 1.807) is 0 Å². The first kappa shape index (κ1) is 30.4. The maximum atomic E-state index is 8.00. The molecule has 0 aliphatic rings. The summed E-state index contributed by atoms with van der Waals surface area (Å²) in [5.41, 5.74) is 0. The smallest absolute Gasteiger partial charge is 0 e. The van der Waals surface area contributed by atoms with E-state index in [1.165, 1.54) is 0 Å². The molecule has 0 atom stereocenters. The van der Waals surface area contributed by atoms with Crippen LogP contribution in [0.1, 0.15) is 0 Å². The maximum Gasteiger partial charge on any atom is 0 e. The van der Waals surface area contributed by atoms with E-state index in [-0.39, 0.29) is 17.1 Å². The van der Waals surface area contributed by atoms with E-state index in [1.807, 2.05) is 0 Å². The molecule has 0 saturated heterocycles. The van der Waals surface area contributed by atoms with Gasteiger partial charge in [0.15, 0.2) is 0 Å². The van der Waals surface area contributed by atoms with E-state index in [0.29, 0.717) is 0 Å². The summed E-state index contributed by atoms with van der Waals surface area (Å²) >= 11 is 0. The van der Waals surface area contributed by atoms with Crippen LogP contribution in [-0.4, -0.2) is 0 Å². The fourth-order valence-electron chi connectivity index (χ4n) is 0. The Morgan fingerprint density at radius 3 is 0.538 bits per heavy atom. The molecule has 0 unspecified atom stereocenters. The number of nitrogens with zero attached hydrogens (tertiary/aromatic N) is 4. The van der Waals surface area contributed by atoms with Crippen LogP contribution in [0.4, 0.5) is 0 Å². The van der Waals surface area contributed by atoms with Crippen molar-refractivity contribution in [2.24, 2.45) is 21.4 Å². The van der Waals surface area contributed by atoms with Crippen molar-refractivity contribution in [1.82, 2.24) is 0 Å². The molecule has 0 aromatic rings. The van der Waals surface area contributed by atoms with Crippen LogP contribution >= 0.6 is 0 Å². The second-order valence-electron chi connectivity index (χ2n) is 0.298. The minimum absolute atomic E-state index is 0. The predicted octanol–water partition coefficient (Wildman–Crippen LogP) is 1.000. The molecule has 83 valence electrons. The molecule has 0 aromatic heterocycles. The van der Waals surface area contributed by atoms with E-state index < -0.39 is 0 Å². The third-order valence-electron chi connectivity index (χ3n) is 0. The van der Waals surface area contributed by atoms with Crippen molar-refractivity contribution in [3.8, 4) is 0 Å². The Hall–Kier alpha value is -1.88. The van der Waals surface area contributed by atoms with E-state index in [0.717, 1.165) is 21.4 Å². The van der Waals surface area contributed by atoms with Crippen LogP contribution in [0.3, 0.4) is 0 Å². The van der Waals surface area contributed by atoms with Gasteiger partial charge in [-0.3, -0.25) is 0 Å². The molecule has 12 nitrogen and oxygen atoms in total. The molecule has 13 heteroatoms. The van der Waals surface area contributed by atoms with Gasteiger partial charge in [-0.15, -0.1) is 21.4 Å². The van der Waals surface area contributed by atoms with Crippen LogP contribution in [0.2, 0.25) is 0 Å². The van der Waals surface area contributed by atoms with Crippen LogP contribution in [0.25, 0.3) is 0 Å². The van der Waals surface area contributed by atoms with Crippen molar-refractivity contribution in [1.29, 1.82) is 0 Å². The van der Waals surface area contributed by atoms with Crippen molar-refractivity contribution < 1.29 is 17.1 Å². The summed E-state index contributed by atoms with van der Waals surface area (Å²) in [5.74, 6) is 0. The third-order valence-corrected chi connectivity index (χ3v) is 0. The quantitative estimate of drug-likeness (QED) is 0.341. The minimum Gasteiger partial charge on any atom is -0.444 e. The van der Waals surface area contributed by atoms with Gasteiger partial charge in [-0.05, 0) is 0 Å². The molecular formula is CuN4O8-4. The second-order valence-corrected chi connectivity index (χ2v) is 0.298. The van der Waals surface area contributed by atoms with Gasteiger partial charge in [0, 0.05) is 17.1 Å². The van der Waals surface area contributed by atoms with E-state index in [9.17, 15) is 0 Å². The summed E-state index contributed by atoms with van der Waals surface area (Å²) in [7, 11) is 0.